The molecule has 4 rings (SSSR count). The smallest absolute Gasteiger partial charge is 0.248 e. The highest BCUT2D eigenvalue weighted by molar-refractivity contribution is 6.02. The summed E-state index contributed by atoms with van der Waals surface area (Å²) in [4.78, 5) is 15.0. The van der Waals surface area contributed by atoms with Crippen molar-refractivity contribution in [2.75, 3.05) is 25.5 Å². The van der Waals surface area contributed by atoms with Gasteiger partial charge in [-0.2, -0.15) is 0 Å². The number of benzene rings is 2. The van der Waals surface area contributed by atoms with Crippen LogP contribution in [0.25, 0.3) is 6.08 Å². The fraction of sp³-hybridized carbons (Fsp3) is 0.375. The lowest BCUT2D eigenvalue weighted by molar-refractivity contribution is -0.111. The molecule has 0 spiro atoms. The third kappa shape index (κ3) is 4.45. The molecule has 1 heterocycles. The number of methoxy groups -OCH3 is 1. The van der Waals surface area contributed by atoms with Crippen molar-refractivity contribution in [1.82, 2.24) is 4.90 Å². The molecular formula is C24H28N2O2. The second kappa shape index (κ2) is 8.61. The fourth-order valence-corrected chi connectivity index (χ4v) is 4.01. The predicted octanol–water partition coefficient (Wildman–Crippen LogP) is 4.30. The second-order valence-corrected chi connectivity index (χ2v) is 7.70. The van der Waals surface area contributed by atoms with Gasteiger partial charge in [-0.1, -0.05) is 24.6 Å². The first-order valence-corrected chi connectivity index (χ1v) is 10.2. The Morgan fingerprint density at radius 3 is 2.50 bits per heavy atom. The molecule has 2 aromatic carbocycles. The molecule has 0 unspecified atom stereocenters. The zero-order valence-electron chi connectivity index (χ0n) is 16.5. The zero-order chi connectivity index (χ0) is 19.3. The van der Waals surface area contributed by atoms with Gasteiger partial charge in [0.05, 0.1) is 7.11 Å². The topological polar surface area (TPSA) is 41.6 Å². The molecule has 1 saturated carbocycles. The molecule has 1 N–H and O–H groups in total. The van der Waals surface area contributed by atoms with Crippen LogP contribution in [0.3, 0.4) is 0 Å². The van der Waals surface area contributed by atoms with Crippen molar-refractivity contribution in [3.8, 4) is 5.75 Å². The lowest BCUT2D eigenvalue weighted by Crippen LogP contribution is -2.41. The predicted molar refractivity (Wildman–Crippen MR) is 114 cm³/mol. The van der Waals surface area contributed by atoms with E-state index in [9.17, 15) is 4.79 Å². The van der Waals surface area contributed by atoms with E-state index in [1.165, 1.54) is 30.4 Å². The van der Waals surface area contributed by atoms with Crippen LogP contribution in [0, 0.1) is 0 Å². The molecule has 1 aliphatic carbocycles. The molecule has 1 amide bonds. The average molecular weight is 377 g/mol. The van der Waals surface area contributed by atoms with E-state index in [1.54, 1.807) is 13.2 Å². The van der Waals surface area contributed by atoms with Gasteiger partial charge in [0.25, 0.3) is 0 Å². The van der Waals surface area contributed by atoms with Crippen molar-refractivity contribution in [1.29, 1.82) is 0 Å². The highest BCUT2D eigenvalue weighted by Gasteiger charge is 2.26. The van der Waals surface area contributed by atoms with Crippen LogP contribution >= 0.6 is 0 Å². The number of anilines is 1. The number of ether oxygens (including phenoxy) is 1. The number of carbonyl (C=O) groups is 1. The molecule has 1 fully saturated rings. The first-order chi connectivity index (χ1) is 13.7. The van der Waals surface area contributed by atoms with Gasteiger partial charge in [-0.15, -0.1) is 0 Å². The van der Waals surface area contributed by atoms with Crippen LogP contribution < -0.4 is 10.1 Å². The van der Waals surface area contributed by atoms with Crippen molar-refractivity contribution < 1.29 is 9.53 Å². The molecule has 28 heavy (non-hydrogen) atoms. The summed E-state index contributed by atoms with van der Waals surface area (Å²) >= 11 is 0. The van der Waals surface area contributed by atoms with E-state index in [2.05, 4.69) is 22.3 Å². The maximum atomic E-state index is 12.3. The molecule has 0 atom stereocenters. The van der Waals surface area contributed by atoms with Gasteiger partial charge in [-0.25, -0.2) is 0 Å². The largest absolute Gasteiger partial charge is 0.497 e. The van der Waals surface area contributed by atoms with Crippen LogP contribution in [0.1, 0.15) is 36.0 Å². The van der Waals surface area contributed by atoms with E-state index in [0.717, 1.165) is 49.0 Å². The number of nitrogens with zero attached hydrogens (tertiary/aromatic N) is 1. The second-order valence-electron chi connectivity index (χ2n) is 7.70. The number of nitrogens with one attached hydrogen (secondary N) is 1. The Balaban J connectivity index is 1.36. The summed E-state index contributed by atoms with van der Waals surface area (Å²) in [6, 6.07) is 14.8. The first kappa shape index (κ1) is 18.8. The zero-order valence-corrected chi connectivity index (χ0v) is 16.5. The molecule has 0 radical (unpaired) electrons. The van der Waals surface area contributed by atoms with Crippen LogP contribution in [0.4, 0.5) is 5.69 Å². The lowest BCUT2D eigenvalue weighted by Gasteiger charge is -2.36. The van der Waals surface area contributed by atoms with Crippen LogP contribution in [-0.2, 0) is 17.6 Å². The minimum Gasteiger partial charge on any atom is -0.497 e. The normalized spacial score (nSPS) is 17.6. The van der Waals surface area contributed by atoms with Crippen LogP contribution in [0.5, 0.6) is 5.75 Å². The molecule has 0 bridgehead atoms. The Bertz CT molecular complexity index is 853. The lowest BCUT2D eigenvalue weighted by atomic mass is 9.91. The standard InChI is InChI=1S/C24H28N2O2/c1-28-23-10-5-18(6-11-23)7-12-24(27)25-21-9-8-19-13-15-26(22-3-2-4-22)16-14-20(19)17-21/h5-12,17,22H,2-4,13-16H2,1H3,(H,25,27). The van der Waals surface area contributed by atoms with E-state index < -0.39 is 0 Å². The Morgan fingerprint density at radius 2 is 1.82 bits per heavy atom. The van der Waals surface area contributed by atoms with Gasteiger partial charge in [0.1, 0.15) is 5.75 Å². The first-order valence-electron chi connectivity index (χ1n) is 10.2. The van der Waals surface area contributed by atoms with Crippen molar-refractivity contribution in [3.05, 3.63) is 65.2 Å². The highest BCUT2D eigenvalue weighted by Crippen LogP contribution is 2.28. The molecule has 2 aliphatic rings. The third-order valence-corrected chi connectivity index (χ3v) is 5.94. The van der Waals surface area contributed by atoms with Gasteiger partial charge in [-0.3, -0.25) is 9.69 Å². The quantitative estimate of drug-likeness (QED) is 0.791. The summed E-state index contributed by atoms with van der Waals surface area (Å²) in [5.41, 5.74) is 4.64. The Kier molecular flexibility index (Phi) is 5.77. The van der Waals surface area contributed by atoms with Crippen molar-refractivity contribution in [3.63, 3.8) is 0 Å². The third-order valence-electron chi connectivity index (χ3n) is 5.94. The molecule has 1 aliphatic heterocycles. The number of rotatable bonds is 5. The molecular weight excluding hydrogens is 348 g/mol. The van der Waals surface area contributed by atoms with Gasteiger partial charge in [0.2, 0.25) is 5.91 Å². The summed E-state index contributed by atoms with van der Waals surface area (Å²) in [5, 5.41) is 3.00. The summed E-state index contributed by atoms with van der Waals surface area (Å²) in [6.45, 7) is 2.29. The van der Waals surface area contributed by atoms with E-state index in [4.69, 9.17) is 4.74 Å². The van der Waals surface area contributed by atoms with Gasteiger partial charge in [0.15, 0.2) is 0 Å². The molecule has 4 nitrogen and oxygen atoms in total. The number of amides is 1. The SMILES string of the molecule is COc1ccc(C=CC(=O)Nc2ccc3c(c2)CCN(C2CCC2)CC3)cc1. The van der Waals surface area contributed by atoms with E-state index in [-0.39, 0.29) is 5.91 Å². The summed E-state index contributed by atoms with van der Waals surface area (Å²) in [5.74, 6) is 0.697. The Morgan fingerprint density at radius 1 is 1.07 bits per heavy atom. The molecule has 0 aromatic heterocycles. The van der Waals surface area contributed by atoms with E-state index >= 15 is 0 Å². The van der Waals surface area contributed by atoms with Crippen LogP contribution in [-0.4, -0.2) is 37.0 Å². The minimum absolute atomic E-state index is 0.111. The Hall–Kier alpha value is -2.59. The molecule has 4 heteroatoms. The Labute approximate surface area is 167 Å². The highest BCUT2D eigenvalue weighted by atomic mass is 16.5. The monoisotopic (exact) mass is 376 g/mol. The minimum atomic E-state index is -0.111. The fourth-order valence-electron chi connectivity index (χ4n) is 4.01. The van der Waals surface area contributed by atoms with Crippen molar-refractivity contribution >= 4 is 17.7 Å². The number of hydrogen-bond donors (Lipinski definition) is 1. The summed E-state index contributed by atoms with van der Waals surface area (Å²) in [6.07, 6.45) is 9.67. The van der Waals surface area contributed by atoms with Crippen molar-refractivity contribution in [2.45, 2.75) is 38.1 Å². The van der Waals surface area contributed by atoms with Crippen LogP contribution in [0.15, 0.2) is 48.5 Å². The maximum Gasteiger partial charge on any atom is 0.248 e. The number of carbonyl (C=O) groups excluding carboxylic acids is 1. The summed E-state index contributed by atoms with van der Waals surface area (Å²) < 4.78 is 5.15. The van der Waals surface area contributed by atoms with Crippen LogP contribution in [0.2, 0.25) is 0 Å². The maximum absolute atomic E-state index is 12.3. The van der Waals surface area contributed by atoms with Gasteiger partial charge < -0.3 is 10.1 Å². The van der Waals surface area contributed by atoms with Gasteiger partial charge in [0, 0.05) is 30.9 Å². The molecule has 146 valence electrons. The summed E-state index contributed by atoms with van der Waals surface area (Å²) in [7, 11) is 1.64. The van der Waals surface area contributed by atoms with E-state index in [0.29, 0.717) is 0 Å². The van der Waals surface area contributed by atoms with E-state index in [1.807, 2.05) is 36.4 Å². The molecule has 2 aromatic rings. The van der Waals surface area contributed by atoms with Crippen molar-refractivity contribution in [2.24, 2.45) is 0 Å². The van der Waals surface area contributed by atoms with Gasteiger partial charge >= 0.3 is 0 Å². The average Bonchev–Trinajstić information content (AvgIpc) is 2.88. The molecule has 0 saturated heterocycles. The van der Waals surface area contributed by atoms with Gasteiger partial charge in [-0.05, 0) is 72.7 Å². The number of hydrogen-bond acceptors (Lipinski definition) is 3. The number of fused-ring (bicyclic) bond motifs is 1.